The third kappa shape index (κ3) is 4.20. The lowest BCUT2D eigenvalue weighted by Gasteiger charge is -2.28. The summed E-state index contributed by atoms with van der Waals surface area (Å²) in [5.74, 6) is -6.61. The normalized spacial score (nSPS) is 18.8. The SMILES string of the molecule is Cc1cnoc1C(=O)NC[C@H](C(=O)N[C@@H]1C(=O)N2CCCN2C(=O)c2ccccc21)C(F)(F)F. The van der Waals surface area contributed by atoms with Crippen LogP contribution in [0.1, 0.15) is 44.5 Å². The Morgan fingerprint density at radius 3 is 2.59 bits per heavy atom. The molecule has 13 heteroatoms. The predicted octanol–water partition coefficient (Wildman–Crippen LogP) is 1.35. The first kappa shape index (κ1) is 23.3. The number of benzene rings is 1. The Kier molecular flexibility index (Phi) is 6.02. The van der Waals surface area contributed by atoms with Crippen LogP contribution >= 0.6 is 0 Å². The Morgan fingerprint density at radius 2 is 1.91 bits per heavy atom. The van der Waals surface area contributed by atoms with Gasteiger partial charge in [0.1, 0.15) is 6.04 Å². The summed E-state index contributed by atoms with van der Waals surface area (Å²) in [6.45, 7) is 0.862. The number of fused-ring (bicyclic) bond motifs is 2. The van der Waals surface area contributed by atoms with E-state index >= 15 is 0 Å². The minimum Gasteiger partial charge on any atom is -0.351 e. The molecule has 10 nitrogen and oxygen atoms in total. The van der Waals surface area contributed by atoms with E-state index in [-0.39, 0.29) is 30.0 Å². The van der Waals surface area contributed by atoms with Gasteiger partial charge in [0.05, 0.1) is 6.20 Å². The number of hydrogen-bond acceptors (Lipinski definition) is 6. The van der Waals surface area contributed by atoms with Gasteiger partial charge in [-0.3, -0.25) is 19.2 Å². The van der Waals surface area contributed by atoms with E-state index in [1.165, 1.54) is 36.3 Å². The molecule has 4 amide bonds. The van der Waals surface area contributed by atoms with Crippen molar-refractivity contribution in [1.82, 2.24) is 25.8 Å². The molecule has 0 radical (unpaired) electrons. The molecule has 1 fully saturated rings. The Bertz CT molecular complexity index is 1150. The van der Waals surface area contributed by atoms with Gasteiger partial charge in [0.25, 0.3) is 17.7 Å². The van der Waals surface area contributed by atoms with E-state index in [1.807, 2.05) is 5.32 Å². The van der Waals surface area contributed by atoms with Crippen LogP contribution < -0.4 is 10.6 Å². The minimum absolute atomic E-state index is 0.0995. The summed E-state index contributed by atoms with van der Waals surface area (Å²) in [5.41, 5.74) is 0.525. The van der Waals surface area contributed by atoms with Crippen molar-refractivity contribution in [3.8, 4) is 0 Å². The summed E-state index contributed by atoms with van der Waals surface area (Å²) in [7, 11) is 0. The Morgan fingerprint density at radius 1 is 1.21 bits per heavy atom. The molecule has 34 heavy (non-hydrogen) atoms. The van der Waals surface area contributed by atoms with Crippen LogP contribution in [0, 0.1) is 12.8 Å². The standard InChI is InChI=1S/C21H20F3N5O5/c1-11-9-26-34-16(11)18(31)25-10-14(21(22,23)24)17(30)27-15-12-5-2-3-6-13(12)19(32)28-7-4-8-29(28)20(15)33/h2-3,5-6,9,14-15H,4,7-8,10H2,1H3,(H,25,31)(H,27,30)/t14-,15+/m1/s1. The van der Waals surface area contributed by atoms with Gasteiger partial charge in [0, 0.05) is 30.8 Å². The first-order valence-electron chi connectivity index (χ1n) is 10.4. The molecule has 0 aliphatic carbocycles. The number of carbonyl (C=O) groups is 4. The molecule has 0 spiro atoms. The second-order valence-corrected chi connectivity index (χ2v) is 7.91. The predicted molar refractivity (Wildman–Crippen MR) is 108 cm³/mol. The second kappa shape index (κ2) is 8.80. The molecule has 0 unspecified atom stereocenters. The van der Waals surface area contributed by atoms with Gasteiger partial charge in [0.2, 0.25) is 11.7 Å². The molecule has 0 saturated carbocycles. The third-order valence-electron chi connectivity index (χ3n) is 5.69. The fourth-order valence-corrected chi connectivity index (χ4v) is 3.94. The molecule has 2 aromatic rings. The third-order valence-corrected chi connectivity index (χ3v) is 5.69. The maximum Gasteiger partial charge on any atom is 0.402 e. The molecule has 2 atom stereocenters. The highest BCUT2D eigenvalue weighted by molar-refractivity contribution is 6.02. The zero-order chi connectivity index (χ0) is 24.6. The average Bonchev–Trinajstić information content (AvgIpc) is 3.43. The number of hydrogen-bond donors (Lipinski definition) is 2. The number of amides is 4. The monoisotopic (exact) mass is 479 g/mol. The Balaban J connectivity index is 1.58. The molecule has 1 aromatic heterocycles. The number of hydrazine groups is 1. The Hall–Kier alpha value is -3.90. The van der Waals surface area contributed by atoms with E-state index in [0.29, 0.717) is 12.0 Å². The highest BCUT2D eigenvalue weighted by Gasteiger charge is 2.48. The quantitative estimate of drug-likeness (QED) is 0.667. The highest BCUT2D eigenvalue weighted by Crippen LogP contribution is 2.32. The van der Waals surface area contributed by atoms with Gasteiger partial charge in [0.15, 0.2) is 5.92 Å². The average molecular weight is 479 g/mol. The summed E-state index contributed by atoms with van der Waals surface area (Å²) in [6.07, 6.45) is -3.31. The molecular formula is C21H20F3N5O5. The molecule has 1 aromatic carbocycles. The van der Waals surface area contributed by atoms with Crippen molar-refractivity contribution in [2.24, 2.45) is 5.92 Å². The Labute approximate surface area is 191 Å². The van der Waals surface area contributed by atoms with Crippen LogP contribution in [-0.4, -0.2) is 64.6 Å². The molecule has 3 heterocycles. The van der Waals surface area contributed by atoms with Crippen molar-refractivity contribution in [3.05, 3.63) is 52.9 Å². The summed E-state index contributed by atoms with van der Waals surface area (Å²) in [5, 5.41) is 9.95. The minimum atomic E-state index is -5.03. The van der Waals surface area contributed by atoms with Crippen LogP contribution in [0.5, 0.6) is 0 Å². The van der Waals surface area contributed by atoms with Crippen LogP contribution in [-0.2, 0) is 9.59 Å². The number of alkyl halides is 3. The lowest BCUT2D eigenvalue weighted by molar-refractivity contribution is -0.182. The summed E-state index contributed by atoms with van der Waals surface area (Å²) >= 11 is 0. The summed E-state index contributed by atoms with van der Waals surface area (Å²) in [4.78, 5) is 51.0. The molecular weight excluding hydrogens is 459 g/mol. The topological polar surface area (TPSA) is 125 Å². The maximum absolute atomic E-state index is 13.7. The first-order chi connectivity index (χ1) is 16.1. The van der Waals surface area contributed by atoms with Crippen molar-refractivity contribution in [3.63, 3.8) is 0 Å². The van der Waals surface area contributed by atoms with E-state index in [9.17, 15) is 32.3 Å². The lowest BCUT2D eigenvalue weighted by atomic mass is 9.98. The van der Waals surface area contributed by atoms with Gasteiger partial charge in [-0.25, -0.2) is 10.0 Å². The van der Waals surface area contributed by atoms with Gasteiger partial charge in [-0.2, -0.15) is 13.2 Å². The molecule has 1 saturated heterocycles. The molecule has 2 N–H and O–H groups in total. The van der Waals surface area contributed by atoms with E-state index in [4.69, 9.17) is 4.52 Å². The fourth-order valence-electron chi connectivity index (χ4n) is 3.94. The van der Waals surface area contributed by atoms with E-state index in [2.05, 4.69) is 10.5 Å². The van der Waals surface area contributed by atoms with E-state index in [0.717, 1.165) is 5.01 Å². The number of nitrogens with zero attached hydrogens (tertiary/aromatic N) is 3. The zero-order valence-corrected chi connectivity index (χ0v) is 17.9. The van der Waals surface area contributed by atoms with Gasteiger partial charge in [-0.15, -0.1) is 0 Å². The number of aromatic nitrogens is 1. The summed E-state index contributed by atoms with van der Waals surface area (Å²) < 4.78 is 45.9. The molecule has 0 bridgehead atoms. The number of nitrogens with one attached hydrogen (secondary N) is 2. The first-order valence-corrected chi connectivity index (χ1v) is 10.4. The number of halogens is 3. The van der Waals surface area contributed by atoms with Crippen molar-refractivity contribution >= 4 is 23.6 Å². The number of aryl methyl sites for hydroxylation is 1. The van der Waals surface area contributed by atoms with Crippen molar-refractivity contribution in [1.29, 1.82) is 0 Å². The van der Waals surface area contributed by atoms with Crippen LogP contribution in [0.25, 0.3) is 0 Å². The van der Waals surface area contributed by atoms with E-state index in [1.54, 1.807) is 6.07 Å². The van der Waals surface area contributed by atoms with Gasteiger partial charge in [-0.05, 0) is 25.0 Å². The van der Waals surface area contributed by atoms with Crippen LogP contribution in [0.15, 0.2) is 35.0 Å². The number of rotatable bonds is 5. The van der Waals surface area contributed by atoms with Crippen molar-refractivity contribution in [2.45, 2.75) is 25.6 Å². The molecule has 4 rings (SSSR count). The smallest absolute Gasteiger partial charge is 0.351 e. The highest BCUT2D eigenvalue weighted by atomic mass is 19.4. The number of carbonyl (C=O) groups excluding carboxylic acids is 4. The van der Waals surface area contributed by atoms with E-state index < -0.39 is 48.3 Å². The molecule has 2 aliphatic rings. The largest absolute Gasteiger partial charge is 0.402 e. The van der Waals surface area contributed by atoms with Crippen molar-refractivity contribution < 1.29 is 36.9 Å². The molecule has 2 aliphatic heterocycles. The lowest BCUT2D eigenvalue weighted by Crippen LogP contribution is -2.51. The van der Waals surface area contributed by atoms with Crippen LogP contribution in [0.2, 0.25) is 0 Å². The van der Waals surface area contributed by atoms with Gasteiger partial charge < -0.3 is 15.2 Å². The van der Waals surface area contributed by atoms with Crippen LogP contribution in [0.4, 0.5) is 13.2 Å². The maximum atomic E-state index is 13.7. The second-order valence-electron chi connectivity index (χ2n) is 7.91. The van der Waals surface area contributed by atoms with Gasteiger partial charge in [-0.1, -0.05) is 23.4 Å². The van der Waals surface area contributed by atoms with Crippen LogP contribution in [0.3, 0.4) is 0 Å². The molecule has 180 valence electrons. The summed E-state index contributed by atoms with van der Waals surface area (Å²) in [6, 6.07) is 4.44. The van der Waals surface area contributed by atoms with Crippen molar-refractivity contribution in [2.75, 3.05) is 19.6 Å². The fraction of sp³-hybridized carbons (Fsp3) is 0.381. The van der Waals surface area contributed by atoms with Gasteiger partial charge >= 0.3 is 6.18 Å². The zero-order valence-electron chi connectivity index (χ0n) is 17.9.